The Hall–Kier alpha value is -1.76. The Labute approximate surface area is 153 Å². The van der Waals surface area contributed by atoms with Crippen LogP contribution < -0.4 is 0 Å². The van der Waals surface area contributed by atoms with E-state index in [4.69, 9.17) is 16.3 Å². The molecule has 0 aliphatic heterocycles. The number of pyridine rings is 2. The third kappa shape index (κ3) is 5.62. The average molecular weight is 380 g/mol. The van der Waals surface area contributed by atoms with Crippen LogP contribution in [0.25, 0.3) is 22.2 Å². The second kappa shape index (κ2) is 8.56. The minimum Gasteiger partial charge on any atom is -0.385 e. The molecule has 0 bridgehead atoms. The highest BCUT2D eigenvalue weighted by Gasteiger charge is 2.11. The Kier molecular flexibility index (Phi) is 6.69. The predicted molar refractivity (Wildman–Crippen MR) is 104 cm³/mol. The van der Waals surface area contributed by atoms with E-state index in [1.807, 2.05) is 0 Å². The lowest BCUT2D eigenvalue weighted by Crippen LogP contribution is -2.21. The van der Waals surface area contributed by atoms with E-state index in [1.54, 1.807) is 31.8 Å². The fourth-order valence-electron chi connectivity index (χ4n) is 2.21. The average Bonchev–Trinajstić information content (AvgIpc) is 2.98. The molecule has 0 saturated carbocycles. The molecule has 0 fully saturated rings. The largest absolute Gasteiger partial charge is 0.385 e. The number of hydrogen-bond donors (Lipinski definition) is 1. The molecule has 7 heteroatoms. The van der Waals surface area contributed by atoms with E-state index in [9.17, 15) is 4.39 Å². The number of aromatic nitrogens is 3. The number of methoxy groups -OCH3 is 1. The Morgan fingerprint density at radius 1 is 1.28 bits per heavy atom. The zero-order chi connectivity index (χ0) is 18.4. The van der Waals surface area contributed by atoms with Crippen molar-refractivity contribution in [2.75, 3.05) is 13.7 Å². The summed E-state index contributed by atoms with van der Waals surface area (Å²) < 4.78 is 18.1. The van der Waals surface area contributed by atoms with Crippen LogP contribution in [0.3, 0.4) is 0 Å². The van der Waals surface area contributed by atoms with Crippen molar-refractivity contribution in [3.63, 3.8) is 0 Å². The summed E-state index contributed by atoms with van der Waals surface area (Å²) in [7, 11) is 0.961. The molecule has 3 rings (SSSR count). The second-order valence-electron chi connectivity index (χ2n) is 6.91. The van der Waals surface area contributed by atoms with Crippen molar-refractivity contribution >= 4 is 30.7 Å². The van der Waals surface area contributed by atoms with Gasteiger partial charge in [-0.25, -0.2) is 9.37 Å². The maximum absolute atomic E-state index is 13.1. The molecule has 1 N–H and O–H groups in total. The van der Waals surface area contributed by atoms with E-state index in [0.717, 1.165) is 23.8 Å². The quantitative estimate of drug-likeness (QED) is 0.618. The summed E-state index contributed by atoms with van der Waals surface area (Å²) in [6, 6.07) is 4.40. The van der Waals surface area contributed by atoms with E-state index < -0.39 is 8.07 Å². The van der Waals surface area contributed by atoms with Gasteiger partial charge in [-0.3, -0.25) is 4.98 Å². The lowest BCUT2D eigenvalue weighted by atomic mass is 10.1. The molecule has 0 saturated heterocycles. The summed E-state index contributed by atoms with van der Waals surface area (Å²) in [6.07, 6.45) is 6.13. The molecule has 0 amide bonds. The molecule has 3 heterocycles. The predicted octanol–water partition coefficient (Wildman–Crippen LogP) is 5.39. The number of ether oxygens (including phenoxy) is 1. The monoisotopic (exact) mass is 379 g/mol. The molecule has 0 radical (unpaired) electrons. The van der Waals surface area contributed by atoms with Crippen molar-refractivity contribution in [2.24, 2.45) is 0 Å². The molecule has 0 atom stereocenters. The number of aromatic amines is 1. The maximum Gasteiger partial charge on any atom is 0.142 e. The van der Waals surface area contributed by atoms with Crippen LogP contribution in [0.5, 0.6) is 0 Å². The van der Waals surface area contributed by atoms with E-state index in [0.29, 0.717) is 16.2 Å². The fraction of sp³-hybridized carbons (Fsp3) is 0.333. The topological polar surface area (TPSA) is 50.8 Å². The van der Waals surface area contributed by atoms with Crippen LogP contribution in [0.15, 0.2) is 36.9 Å². The van der Waals surface area contributed by atoms with Crippen LogP contribution in [0.1, 0.15) is 0 Å². The summed E-state index contributed by atoms with van der Waals surface area (Å²) in [5, 5.41) is 1.36. The van der Waals surface area contributed by atoms with Gasteiger partial charge >= 0.3 is 0 Å². The SMILES string of the molecule is COCC[Si](C)(C)C.Fc1cncc(-c2c[nH]c3nccc(Cl)c23)c1. The minimum absolute atomic E-state index is 0.378. The Morgan fingerprint density at radius 3 is 2.64 bits per heavy atom. The van der Waals surface area contributed by atoms with Gasteiger partial charge in [0.05, 0.1) is 11.2 Å². The first-order chi connectivity index (χ1) is 11.8. The summed E-state index contributed by atoms with van der Waals surface area (Å²) in [5.41, 5.74) is 2.15. The smallest absolute Gasteiger partial charge is 0.142 e. The molecule has 0 spiro atoms. The molecule has 134 valence electrons. The maximum atomic E-state index is 13.1. The molecule has 25 heavy (non-hydrogen) atoms. The lowest BCUT2D eigenvalue weighted by Gasteiger charge is -2.13. The summed E-state index contributed by atoms with van der Waals surface area (Å²) in [6.45, 7) is 8.00. The summed E-state index contributed by atoms with van der Waals surface area (Å²) >= 11 is 6.12. The van der Waals surface area contributed by atoms with Gasteiger partial charge in [-0.05, 0) is 18.2 Å². The molecule has 0 aliphatic carbocycles. The highest BCUT2D eigenvalue weighted by molar-refractivity contribution is 6.76. The van der Waals surface area contributed by atoms with Crippen molar-refractivity contribution in [3.05, 3.63) is 47.8 Å². The Morgan fingerprint density at radius 2 is 2.04 bits per heavy atom. The van der Waals surface area contributed by atoms with Gasteiger partial charge in [0, 0.05) is 56.9 Å². The number of fused-ring (bicyclic) bond motifs is 1. The number of rotatable bonds is 4. The van der Waals surface area contributed by atoms with Crippen molar-refractivity contribution in [2.45, 2.75) is 25.7 Å². The van der Waals surface area contributed by atoms with Crippen LogP contribution in [-0.2, 0) is 4.74 Å². The second-order valence-corrected chi connectivity index (χ2v) is 12.9. The van der Waals surface area contributed by atoms with E-state index in [2.05, 4.69) is 34.6 Å². The summed E-state index contributed by atoms with van der Waals surface area (Å²) in [4.78, 5) is 11.0. The number of halogens is 2. The van der Waals surface area contributed by atoms with Gasteiger partial charge in [-0.2, -0.15) is 0 Å². The van der Waals surface area contributed by atoms with Gasteiger partial charge in [0.15, 0.2) is 0 Å². The van der Waals surface area contributed by atoms with Gasteiger partial charge in [-0.1, -0.05) is 31.2 Å². The van der Waals surface area contributed by atoms with Crippen molar-refractivity contribution < 1.29 is 9.13 Å². The molecule has 4 nitrogen and oxygen atoms in total. The molecule has 3 aromatic heterocycles. The van der Waals surface area contributed by atoms with E-state index >= 15 is 0 Å². The Balaban J connectivity index is 0.000000242. The highest BCUT2D eigenvalue weighted by atomic mass is 35.5. The molecule has 3 aromatic rings. The molecular weight excluding hydrogens is 357 g/mol. The van der Waals surface area contributed by atoms with Crippen LogP contribution in [0.4, 0.5) is 4.39 Å². The third-order valence-corrected chi connectivity index (χ3v) is 5.61. The zero-order valence-corrected chi connectivity index (χ0v) is 16.7. The first kappa shape index (κ1) is 19.6. The molecule has 0 unspecified atom stereocenters. The number of hydrogen-bond acceptors (Lipinski definition) is 3. The fourth-order valence-corrected chi connectivity index (χ4v) is 3.28. The van der Waals surface area contributed by atoms with Crippen molar-refractivity contribution in [3.8, 4) is 11.1 Å². The lowest BCUT2D eigenvalue weighted by molar-refractivity contribution is 0.214. The normalized spacial score (nSPS) is 11.3. The molecule has 0 aliphatic rings. The van der Waals surface area contributed by atoms with Gasteiger partial charge in [-0.15, -0.1) is 0 Å². The molecule has 0 aromatic carbocycles. The van der Waals surface area contributed by atoms with Crippen LogP contribution >= 0.6 is 11.6 Å². The first-order valence-electron chi connectivity index (χ1n) is 8.03. The standard InChI is InChI=1S/C12H7ClFN3.C6H16OSi/c13-10-1-2-16-12-11(10)9(6-17-12)7-3-8(14)5-15-4-7;1-7-5-6-8(2,3)4/h1-6H,(H,16,17);5-6H2,1-4H3. The van der Waals surface area contributed by atoms with Gasteiger partial charge in [0.2, 0.25) is 0 Å². The highest BCUT2D eigenvalue weighted by Crippen LogP contribution is 2.32. The zero-order valence-electron chi connectivity index (χ0n) is 14.9. The molecular formula is C18H23ClFN3OSi. The van der Waals surface area contributed by atoms with Crippen LogP contribution in [0.2, 0.25) is 30.7 Å². The third-order valence-electron chi connectivity index (χ3n) is 3.59. The Bertz CT molecular complexity index is 833. The van der Waals surface area contributed by atoms with Gasteiger partial charge < -0.3 is 9.72 Å². The van der Waals surface area contributed by atoms with Crippen molar-refractivity contribution in [1.82, 2.24) is 15.0 Å². The first-order valence-corrected chi connectivity index (χ1v) is 12.1. The summed E-state index contributed by atoms with van der Waals surface area (Å²) in [5.74, 6) is -0.378. The van der Waals surface area contributed by atoms with Crippen LogP contribution in [-0.4, -0.2) is 36.7 Å². The number of nitrogens with one attached hydrogen (secondary N) is 1. The van der Waals surface area contributed by atoms with Crippen molar-refractivity contribution in [1.29, 1.82) is 0 Å². The van der Waals surface area contributed by atoms with Crippen LogP contribution in [0, 0.1) is 5.82 Å². The minimum atomic E-state index is -0.803. The van der Waals surface area contributed by atoms with Gasteiger partial charge in [0.1, 0.15) is 11.5 Å². The van der Waals surface area contributed by atoms with E-state index in [1.165, 1.54) is 12.1 Å². The number of nitrogens with zero attached hydrogens (tertiary/aromatic N) is 2. The number of H-pyrrole nitrogens is 1. The van der Waals surface area contributed by atoms with E-state index in [-0.39, 0.29) is 5.82 Å². The van der Waals surface area contributed by atoms with Gasteiger partial charge in [0.25, 0.3) is 0 Å².